The first kappa shape index (κ1) is 28.2. The van der Waals surface area contributed by atoms with Gasteiger partial charge in [-0.25, -0.2) is 8.42 Å². The molecule has 1 aliphatic carbocycles. The molecule has 1 N–H and O–H groups in total. The first-order chi connectivity index (χ1) is 17.0. The Bertz CT molecular complexity index is 1180. The molecular formula is C27H36BrN3O4S. The second kappa shape index (κ2) is 12.2. The van der Waals surface area contributed by atoms with Crippen LogP contribution in [-0.4, -0.2) is 50.0 Å². The molecule has 2 aromatic carbocycles. The summed E-state index contributed by atoms with van der Waals surface area (Å²) in [4.78, 5) is 28.3. The Hall–Kier alpha value is -2.39. The molecule has 1 aliphatic rings. The van der Waals surface area contributed by atoms with Crippen molar-refractivity contribution in [2.45, 2.75) is 71.5 Å². The molecule has 1 saturated carbocycles. The molecule has 0 spiro atoms. The van der Waals surface area contributed by atoms with Gasteiger partial charge in [-0.2, -0.15) is 0 Å². The quantitative estimate of drug-likeness (QED) is 0.468. The van der Waals surface area contributed by atoms with Gasteiger partial charge in [0.25, 0.3) is 0 Å². The first-order valence-electron chi connectivity index (χ1n) is 12.3. The van der Waals surface area contributed by atoms with Gasteiger partial charge in [0.2, 0.25) is 21.8 Å². The Morgan fingerprint density at radius 2 is 1.67 bits per heavy atom. The molecule has 36 heavy (non-hydrogen) atoms. The van der Waals surface area contributed by atoms with Crippen LogP contribution in [0.15, 0.2) is 46.9 Å². The maximum absolute atomic E-state index is 13.7. The van der Waals surface area contributed by atoms with E-state index >= 15 is 0 Å². The Labute approximate surface area is 223 Å². The minimum absolute atomic E-state index is 0.112. The van der Waals surface area contributed by atoms with Crippen molar-refractivity contribution in [3.63, 3.8) is 0 Å². The minimum Gasteiger partial charge on any atom is -0.352 e. The highest BCUT2D eigenvalue weighted by molar-refractivity contribution is 9.10. The monoisotopic (exact) mass is 577 g/mol. The predicted molar refractivity (Wildman–Crippen MR) is 147 cm³/mol. The van der Waals surface area contributed by atoms with Gasteiger partial charge in [-0.3, -0.25) is 13.9 Å². The number of nitrogens with zero attached hydrogens (tertiary/aromatic N) is 2. The summed E-state index contributed by atoms with van der Waals surface area (Å²) < 4.78 is 27.5. The number of benzene rings is 2. The molecule has 0 saturated heterocycles. The van der Waals surface area contributed by atoms with Gasteiger partial charge in [0, 0.05) is 17.1 Å². The lowest BCUT2D eigenvalue weighted by atomic mass is 9.95. The molecule has 1 atom stereocenters. The third kappa shape index (κ3) is 7.56. The number of hydrogen-bond donors (Lipinski definition) is 1. The van der Waals surface area contributed by atoms with E-state index in [0.29, 0.717) is 5.69 Å². The molecular weight excluding hydrogens is 542 g/mol. The summed E-state index contributed by atoms with van der Waals surface area (Å²) in [6, 6.07) is 12.2. The van der Waals surface area contributed by atoms with Crippen LogP contribution in [0.5, 0.6) is 0 Å². The summed E-state index contributed by atoms with van der Waals surface area (Å²) in [6.45, 7) is 5.35. The lowest BCUT2D eigenvalue weighted by Crippen LogP contribution is -2.52. The third-order valence-electron chi connectivity index (χ3n) is 6.84. The molecule has 0 aliphatic heterocycles. The van der Waals surface area contributed by atoms with Gasteiger partial charge in [-0.05, 0) is 74.6 Å². The van der Waals surface area contributed by atoms with Crippen LogP contribution >= 0.6 is 15.9 Å². The van der Waals surface area contributed by atoms with Gasteiger partial charge in [0.1, 0.15) is 12.6 Å². The SMILES string of the molecule is Cc1ccc(N(CC(=O)N(Cc2ccc(Br)cc2)[C@H](C)C(=O)NC2CCCCC2)S(C)(=O)=O)cc1C. The zero-order valence-corrected chi connectivity index (χ0v) is 23.9. The number of anilines is 1. The molecule has 7 nitrogen and oxygen atoms in total. The number of sulfonamides is 1. The zero-order chi connectivity index (χ0) is 26.5. The van der Waals surface area contributed by atoms with Gasteiger partial charge in [-0.1, -0.05) is 53.4 Å². The van der Waals surface area contributed by atoms with Crippen molar-refractivity contribution in [1.29, 1.82) is 0 Å². The van der Waals surface area contributed by atoms with Gasteiger partial charge >= 0.3 is 0 Å². The van der Waals surface area contributed by atoms with Crippen molar-refractivity contribution in [3.8, 4) is 0 Å². The van der Waals surface area contributed by atoms with Crippen LogP contribution < -0.4 is 9.62 Å². The fourth-order valence-corrected chi connectivity index (χ4v) is 5.54. The maximum atomic E-state index is 13.7. The van der Waals surface area contributed by atoms with E-state index < -0.39 is 22.0 Å². The van der Waals surface area contributed by atoms with Gasteiger partial charge < -0.3 is 10.2 Å². The second-order valence-corrected chi connectivity index (χ2v) is 12.5. The van der Waals surface area contributed by atoms with E-state index in [1.54, 1.807) is 19.1 Å². The fourth-order valence-electron chi connectivity index (χ4n) is 4.43. The smallest absolute Gasteiger partial charge is 0.244 e. The third-order valence-corrected chi connectivity index (χ3v) is 8.51. The summed E-state index contributed by atoms with van der Waals surface area (Å²) in [6.07, 6.45) is 6.31. The molecule has 9 heteroatoms. The van der Waals surface area contributed by atoms with Crippen molar-refractivity contribution < 1.29 is 18.0 Å². The van der Waals surface area contributed by atoms with Gasteiger partial charge in [-0.15, -0.1) is 0 Å². The highest BCUT2D eigenvalue weighted by Crippen LogP contribution is 2.23. The number of carbonyl (C=O) groups excluding carboxylic acids is 2. The van der Waals surface area contributed by atoms with E-state index in [2.05, 4.69) is 21.2 Å². The highest BCUT2D eigenvalue weighted by Gasteiger charge is 2.31. The average Bonchev–Trinajstić information content (AvgIpc) is 2.83. The lowest BCUT2D eigenvalue weighted by Gasteiger charge is -2.33. The molecule has 1 fully saturated rings. The minimum atomic E-state index is -3.74. The molecule has 0 heterocycles. The van der Waals surface area contributed by atoms with E-state index in [1.165, 1.54) is 11.3 Å². The zero-order valence-electron chi connectivity index (χ0n) is 21.5. The summed E-state index contributed by atoms with van der Waals surface area (Å²) in [5, 5.41) is 3.11. The normalized spacial score (nSPS) is 15.2. The Balaban J connectivity index is 1.87. The Morgan fingerprint density at radius 1 is 1.03 bits per heavy atom. The van der Waals surface area contributed by atoms with Crippen LogP contribution in [0.1, 0.15) is 55.7 Å². The molecule has 196 valence electrons. The van der Waals surface area contributed by atoms with Crippen molar-refractivity contribution in [3.05, 3.63) is 63.6 Å². The average molecular weight is 579 g/mol. The van der Waals surface area contributed by atoms with Crippen LogP contribution in [0.2, 0.25) is 0 Å². The maximum Gasteiger partial charge on any atom is 0.244 e. The van der Waals surface area contributed by atoms with Crippen LogP contribution in [0.25, 0.3) is 0 Å². The van der Waals surface area contributed by atoms with Crippen LogP contribution in [0.4, 0.5) is 5.69 Å². The van der Waals surface area contributed by atoms with E-state index in [0.717, 1.165) is 57.4 Å². The summed E-state index contributed by atoms with van der Waals surface area (Å²) >= 11 is 3.42. The summed E-state index contributed by atoms with van der Waals surface area (Å²) in [7, 11) is -3.74. The standard InChI is InChI=1S/C27H36BrN3O4S/c1-19-10-15-25(16-20(19)2)31(36(4,34)35)18-26(32)30(17-22-11-13-23(28)14-12-22)21(3)27(33)29-24-8-6-5-7-9-24/h10-16,21,24H,5-9,17-18H2,1-4H3,(H,29,33)/t21-/m1/s1. The van der Waals surface area contributed by atoms with Gasteiger partial charge in [0.15, 0.2) is 0 Å². The van der Waals surface area contributed by atoms with E-state index in [-0.39, 0.29) is 25.0 Å². The van der Waals surface area contributed by atoms with Crippen molar-refractivity contribution in [2.75, 3.05) is 17.1 Å². The van der Waals surface area contributed by atoms with Crippen LogP contribution in [-0.2, 0) is 26.2 Å². The second-order valence-electron chi connectivity index (χ2n) is 9.71. The molecule has 0 aromatic heterocycles. The summed E-state index contributed by atoms with van der Waals surface area (Å²) in [5.74, 6) is -0.655. The van der Waals surface area contributed by atoms with Crippen molar-refractivity contribution in [2.24, 2.45) is 0 Å². The number of rotatable bonds is 9. The Kier molecular flexibility index (Phi) is 9.58. The van der Waals surface area contributed by atoms with E-state index in [4.69, 9.17) is 0 Å². The highest BCUT2D eigenvalue weighted by atomic mass is 79.9. The molecule has 0 unspecified atom stereocenters. The number of carbonyl (C=O) groups is 2. The number of aryl methyl sites for hydroxylation is 2. The Morgan fingerprint density at radius 3 is 2.25 bits per heavy atom. The number of amides is 2. The number of nitrogens with one attached hydrogen (secondary N) is 1. The first-order valence-corrected chi connectivity index (χ1v) is 15.0. The fraction of sp³-hybridized carbons (Fsp3) is 0.481. The molecule has 0 radical (unpaired) electrons. The molecule has 0 bridgehead atoms. The van der Waals surface area contributed by atoms with Gasteiger partial charge in [0.05, 0.1) is 11.9 Å². The van der Waals surface area contributed by atoms with Crippen molar-refractivity contribution >= 4 is 43.5 Å². The predicted octanol–water partition coefficient (Wildman–Crippen LogP) is 4.70. The van der Waals surface area contributed by atoms with E-state index in [9.17, 15) is 18.0 Å². The molecule has 2 aromatic rings. The molecule has 2 amide bonds. The topological polar surface area (TPSA) is 86.8 Å². The summed E-state index contributed by atoms with van der Waals surface area (Å²) in [5.41, 5.74) is 3.24. The number of hydrogen-bond acceptors (Lipinski definition) is 4. The van der Waals surface area contributed by atoms with E-state index in [1.807, 2.05) is 44.2 Å². The van der Waals surface area contributed by atoms with Crippen molar-refractivity contribution in [1.82, 2.24) is 10.2 Å². The molecule has 3 rings (SSSR count). The largest absolute Gasteiger partial charge is 0.352 e. The lowest BCUT2D eigenvalue weighted by molar-refractivity contribution is -0.139. The van der Waals surface area contributed by atoms with Crippen LogP contribution in [0, 0.1) is 13.8 Å². The number of halogens is 1. The van der Waals surface area contributed by atoms with Crippen LogP contribution in [0.3, 0.4) is 0 Å².